The van der Waals surface area contributed by atoms with Crippen molar-refractivity contribution in [3.63, 3.8) is 0 Å². The minimum atomic E-state index is -0.842. The molecule has 214 valence electrons. The molecule has 12 heteroatoms. The first-order valence-electron chi connectivity index (χ1n) is 12.6. The van der Waals surface area contributed by atoms with E-state index in [2.05, 4.69) is 4.98 Å². The number of hydrogen-bond donors (Lipinski definition) is 0. The molecular formula is C31H18Cl2FN3O5S. The number of pyridine rings is 1. The van der Waals surface area contributed by atoms with Crippen LogP contribution >= 0.6 is 35.0 Å². The highest BCUT2D eigenvalue weighted by molar-refractivity contribution is 8.00. The van der Waals surface area contributed by atoms with Gasteiger partial charge in [0.15, 0.2) is 6.61 Å². The Bertz CT molecular complexity index is 1810. The first kappa shape index (κ1) is 29.9. The summed E-state index contributed by atoms with van der Waals surface area (Å²) in [7, 11) is 0. The van der Waals surface area contributed by atoms with Crippen LogP contribution in [0.3, 0.4) is 0 Å². The predicted molar refractivity (Wildman–Crippen MR) is 159 cm³/mol. The number of ketones is 1. The molecule has 0 N–H and O–H groups in total. The first-order chi connectivity index (χ1) is 20.6. The van der Waals surface area contributed by atoms with Gasteiger partial charge in [-0.25, -0.2) is 19.1 Å². The molecule has 43 heavy (non-hydrogen) atoms. The summed E-state index contributed by atoms with van der Waals surface area (Å²) in [5, 5.41) is 9.50. The van der Waals surface area contributed by atoms with E-state index in [1.165, 1.54) is 54.6 Å². The van der Waals surface area contributed by atoms with Crippen molar-refractivity contribution in [3.05, 3.63) is 111 Å². The number of nitriles is 1. The Balaban J connectivity index is 1.26. The number of nitrogens with zero attached hydrogens (tertiary/aromatic N) is 3. The summed E-state index contributed by atoms with van der Waals surface area (Å²) in [5.74, 6) is -2.67. The molecule has 5 rings (SSSR count). The number of carbonyl (C=O) groups excluding carboxylic acids is 4. The summed E-state index contributed by atoms with van der Waals surface area (Å²) < 4.78 is 18.5. The minimum Gasteiger partial charge on any atom is -0.454 e. The van der Waals surface area contributed by atoms with E-state index in [4.69, 9.17) is 27.9 Å². The molecule has 2 amide bonds. The van der Waals surface area contributed by atoms with Crippen molar-refractivity contribution in [2.24, 2.45) is 0 Å². The maximum absolute atomic E-state index is 13.3. The van der Waals surface area contributed by atoms with Gasteiger partial charge in [0.25, 0.3) is 0 Å². The number of anilines is 1. The number of ether oxygens (including phenoxy) is 1. The Kier molecular flexibility index (Phi) is 8.87. The molecule has 1 aliphatic rings. The Morgan fingerprint density at radius 3 is 2.42 bits per heavy atom. The number of carbonyl (C=O) groups is 4. The fourth-order valence-corrected chi connectivity index (χ4v) is 5.86. The van der Waals surface area contributed by atoms with Crippen molar-refractivity contribution in [3.8, 4) is 17.3 Å². The fraction of sp³-hybridized carbons (Fsp3) is 0.0968. The van der Waals surface area contributed by atoms with E-state index in [-0.39, 0.29) is 38.8 Å². The number of Topliss-reactive ketones (excluding diaryl/α,β-unsaturated/α-hetero) is 1. The van der Waals surface area contributed by atoms with Gasteiger partial charge in [0.2, 0.25) is 17.6 Å². The molecule has 4 aromatic rings. The molecule has 1 fully saturated rings. The molecule has 1 atom stereocenters. The topological polar surface area (TPSA) is 117 Å². The van der Waals surface area contributed by atoms with E-state index in [1.54, 1.807) is 24.3 Å². The first-order valence-corrected chi connectivity index (χ1v) is 14.2. The SMILES string of the molecule is N#Cc1ccc(-c2ccc(F)cc2)nc1SC1CC(=O)N(c2ccc(C(=O)OCC(=O)c3ccc(Cl)cc3Cl)cc2)C1=O. The summed E-state index contributed by atoms with van der Waals surface area (Å²) in [6.45, 7) is -0.551. The maximum Gasteiger partial charge on any atom is 0.338 e. The molecule has 3 aromatic carbocycles. The molecular weight excluding hydrogens is 616 g/mol. The van der Waals surface area contributed by atoms with E-state index >= 15 is 0 Å². The van der Waals surface area contributed by atoms with E-state index < -0.39 is 41.2 Å². The highest BCUT2D eigenvalue weighted by Gasteiger charge is 2.41. The molecule has 0 spiro atoms. The third-order valence-corrected chi connectivity index (χ3v) is 8.14. The van der Waals surface area contributed by atoms with Gasteiger partial charge in [-0.05, 0) is 78.9 Å². The minimum absolute atomic E-state index is 0.101. The zero-order valence-electron chi connectivity index (χ0n) is 21.9. The Labute approximate surface area is 259 Å². The number of halogens is 3. The van der Waals surface area contributed by atoms with Crippen molar-refractivity contribution in [2.45, 2.75) is 16.7 Å². The molecule has 1 saturated heterocycles. The number of hydrogen-bond acceptors (Lipinski definition) is 8. The number of imide groups is 1. The van der Waals surface area contributed by atoms with E-state index in [0.29, 0.717) is 16.3 Å². The average molecular weight is 634 g/mol. The third kappa shape index (κ3) is 6.60. The normalized spacial score (nSPS) is 14.5. The van der Waals surface area contributed by atoms with Crippen molar-refractivity contribution < 1.29 is 28.3 Å². The second kappa shape index (κ2) is 12.8. The van der Waals surface area contributed by atoms with Crippen LogP contribution in [-0.4, -0.2) is 40.4 Å². The monoisotopic (exact) mass is 633 g/mol. The van der Waals surface area contributed by atoms with Gasteiger partial charge in [0.05, 0.1) is 32.8 Å². The molecule has 1 aliphatic heterocycles. The Morgan fingerprint density at radius 1 is 1.02 bits per heavy atom. The van der Waals surface area contributed by atoms with Gasteiger partial charge in [-0.1, -0.05) is 35.0 Å². The number of rotatable bonds is 8. The van der Waals surface area contributed by atoms with Crippen LogP contribution in [0.2, 0.25) is 10.0 Å². The quantitative estimate of drug-likeness (QED) is 0.122. The average Bonchev–Trinajstić information content (AvgIpc) is 3.28. The van der Waals surface area contributed by atoms with E-state index in [1.807, 2.05) is 6.07 Å². The summed E-state index contributed by atoms with van der Waals surface area (Å²) in [4.78, 5) is 56.6. The molecule has 8 nitrogen and oxygen atoms in total. The van der Waals surface area contributed by atoms with Crippen LogP contribution in [0, 0.1) is 17.1 Å². The highest BCUT2D eigenvalue weighted by Crippen LogP contribution is 2.36. The number of esters is 1. The van der Waals surface area contributed by atoms with Gasteiger partial charge in [-0.3, -0.25) is 14.4 Å². The van der Waals surface area contributed by atoms with Gasteiger partial charge in [0, 0.05) is 22.6 Å². The van der Waals surface area contributed by atoms with Gasteiger partial charge in [-0.2, -0.15) is 5.26 Å². The molecule has 1 aromatic heterocycles. The number of aromatic nitrogens is 1. The lowest BCUT2D eigenvalue weighted by Gasteiger charge is -2.15. The Hall–Kier alpha value is -4.56. The van der Waals surface area contributed by atoms with Crippen molar-refractivity contribution >= 4 is 64.2 Å². The van der Waals surface area contributed by atoms with Crippen molar-refractivity contribution in [1.29, 1.82) is 5.26 Å². The van der Waals surface area contributed by atoms with Crippen LogP contribution in [0.5, 0.6) is 0 Å². The smallest absolute Gasteiger partial charge is 0.338 e. The summed E-state index contributed by atoms with van der Waals surface area (Å²) >= 11 is 12.9. The van der Waals surface area contributed by atoms with Crippen molar-refractivity contribution in [2.75, 3.05) is 11.5 Å². The van der Waals surface area contributed by atoms with Gasteiger partial charge in [0.1, 0.15) is 16.9 Å². The lowest BCUT2D eigenvalue weighted by molar-refractivity contribution is -0.121. The van der Waals surface area contributed by atoms with Gasteiger partial charge >= 0.3 is 5.97 Å². The third-order valence-electron chi connectivity index (χ3n) is 6.41. The van der Waals surface area contributed by atoms with Crippen LogP contribution < -0.4 is 4.90 Å². The Morgan fingerprint density at radius 2 is 1.74 bits per heavy atom. The van der Waals surface area contributed by atoms with Crippen LogP contribution in [0.4, 0.5) is 10.1 Å². The molecule has 0 aliphatic carbocycles. The largest absolute Gasteiger partial charge is 0.454 e. The molecule has 2 heterocycles. The lowest BCUT2D eigenvalue weighted by atomic mass is 10.1. The summed E-state index contributed by atoms with van der Waals surface area (Å²) in [5.41, 5.74) is 1.84. The molecule has 1 unspecified atom stereocenters. The lowest BCUT2D eigenvalue weighted by Crippen LogP contribution is -2.31. The number of amides is 2. The maximum atomic E-state index is 13.3. The van der Waals surface area contributed by atoms with Crippen LogP contribution in [0.1, 0.15) is 32.7 Å². The predicted octanol–water partition coefficient (Wildman–Crippen LogP) is 6.53. The zero-order valence-corrected chi connectivity index (χ0v) is 24.3. The van der Waals surface area contributed by atoms with Gasteiger partial charge in [-0.15, -0.1) is 0 Å². The van der Waals surface area contributed by atoms with Crippen molar-refractivity contribution in [1.82, 2.24) is 4.98 Å². The zero-order chi connectivity index (χ0) is 30.7. The van der Waals surface area contributed by atoms with Gasteiger partial charge < -0.3 is 4.74 Å². The van der Waals surface area contributed by atoms with E-state index in [9.17, 15) is 28.8 Å². The van der Waals surface area contributed by atoms with Crippen LogP contribution in [-0.2, 0) is 14.3 Å². The highest BCUT2D eigenvalue weighted by atomic mass is 35.5. The number of benzene rings is 3. The standard InChI is InChI=1S/C31H18Cl2FN3O5S/c32-20-6-11-23(24(33)13-20)26(38)16-42-31(41)18-3-9-22(10-4-18)37-28(39)14-27(30(37)40)43-29-19(15-35)5-12-25(36-29)17-1-7-21(34)8-2-17/h1-13,27H,14,16H2. The molecule has 0 saturated carbocycles. The molecule has 0 radical (unpaired) electrons. The summed E-state index contributed by atoms with van der Waals surface area (Å²) in [6.07, 6.45) is -0.129. The number of thioether (sulfide) groups is 1. The fourth-order valence-electron chi connectivity index (χ4n) is 4.25. The van der Waals surface area contributed by atoms with E-state index in [0.717, 1.165) is 16.7 Å². The van der Waals surface area contributed by atoms with Crippen LogP contribution in [0.15, 0.2) is 83.9 Å². The van der Waals surface area contributed by atoms with Crippen LogP contribution in [0.25, 0.3) is 11.3 Å². The second-order valence-electron chi connectivity index (χ2n) is 9.22. The molecule has 0 bridgehead atoms. The second-order valence-corrected chi connectivity index (χ2v) is 11.3. The summed E-state index contributed by atoms with van der Waals surface area (Å²) in [6, 6.07) is 20.8.